The zero-order chi connectivity index (χ0) is 14.3. The fourth-order valence-corrected chi connectivity index (χ4v) is 2.00. The summed E-state index contributed by atoms with van der Waals surface area (Å²) in [5, 5.41) is 12.7. The molecule has 1 aromatic rings. The minimum Gasteiger partial charge on any atom is -0.393 e. The summed E-state index contributed by atoms with van der Waals surface area (Å²) in [6.45, 7) is 6.43. The molecule has 0 radical (unpaired) electrons. The molecule has 0 spiro atoms. The lowest BCUT2D eigenvalue weighted by molar-refractivity contribution is 0.175. The molecule has 1 aromatic carbocycles. The number of nitrogens with zero attached hydrogens (tertiary/aromatic N) is 1. The van der Waals surface area contributed by atoms with Crippen LogP contribution in [0.5, 0.6) is 0 Å². The van der Waals surface area contributed by atoms with E-state index in [1.807, 2.05) is 32.0 Å². The van der Waals surface area contributed by atoms with Crippen LogP contribution in [0.15, 0.2) is 35.3 Å². The normalized spacial score (nSPS) is 15.3. The lowest BCUT2D eigenvalue weighted by Crippen LogP contribution is -2.37. The van der Waals surface area contributed by atoms with Crippen LogP contribution in [-0.2, 0) is 0 Å². The summed E-state index contributed by atoms with van der Waals surface area (Å²) in [5.74, 6) is 0.648. The molecule has 0 heterocycles. The van der Waals surface area contributed by atoms with Crippen molar-refractivity contribution in [2.45, 2.75) is 45.3 Å². The summed E-state index contributed by atoms with van der Waals surface area (Å²) in [4.78, 5) is 4.37. The van der Waals surface area contributed by atoms with Gasteiger partial charge in [0.2, 0.25) is 0 Å². The summed E-state index contributed by atoms with van der Waals surface area (Å²) in [5.41, 5.74) is 6.99. The highest BCUT2D eigenvalue weighted by Crippen LogP contribution is 2.21. The largest absolute Gasteiger partial charge is 0.393 e. The van der Waals surface area contributed by atoms with E-state index >= 15 is 0 Å². The molecular formula is C15H25N3O. The van der Waals surface area contributed by atoms with Gasteiger partial charge in [0.1, 0.15) is 0 Å². The predicted octanol–water partition coefficient (Wildman–Crippen LogP) is 1.85. The molecule has 0 saturated carbocycles. The summed E-state index contributed by atoms with van der Waals surface area (Å²) >= 11 is 0. The van der Waals surface area contributed by atoms with E-state index in [0.29, 0.717) is 18.9 Å². The van der Waals surface area contributed by atoms with Crippen molar-refractivity contribution in [3.8, 4) is 0 Å². The lowest BCUT2D eigenvalue weighted by atomic mass is 9.93. The maximum absolute atomic E-state index is 9.60. The third-order valence-corrected chi connectivity index (χ3v) is 2.82. The molecule has 0 fully saturated rings. The number of rotatable bonds is 6. The third-order valence-electron chi connectivity index (χ3n) is 2.82. The maximum atomic E-state index is 9.60. The molecule has 0 aliphatic carbocycles. The number of hydrogen-bond acceptors (Lipinski definition) is 2. The molecule has 0 aromatic heterocycles. The summed E-state index contributed by atoms with van der Waals surface area (Å²) in [6, 6.07) is 10.4. The molecule has 2 atom stereocenters. The molecule has 1 rings (SSSR count). The minimum atomic E-state index is -0.348. The van der Waals surface area contributed by atoms with Gasteiger partial charge in [-0.05, 0) is 32.8 Å². The Hall–Kier alpha value is -1.55. The van der Waals surface area contributed by atoms with Crippen LogP contribution in [0, 0.1) is 0 Å². The number of aliphatic imine (C=N–C) groups is 1. The van der Waals surface area contributed by atoms with Crippen LogP contribution >= 0.6 is 0 Å². The molecule has 0 aliphatic rings. The topological polar surface area (TPSA) is 70.6 Å². The van der Waals surface area contributed by atoms with Gasteiger partial charge in [-0.3, -0.25) is 4.99 Å². The van der Waals surface area contributed by atoms with Crippen LogP contribution in [0.3, 0.4) is 0 Å². The van der Waals surface area contributed by atoms with E-state index in [0.717, 1.165) is 0 Å². The van der Waals surface area contributed by atoms with Crippen LogP contribution in [0.1, 0.15) is 38.7 Å². The lowest BCUT2D eigenvalue weighted by Gasteiger charge is -2.18. The molecule has 0 amide bonds. The van der Waals surface area contributed by atoms with Crippen molar-refractivity contribution in [3.63, 3.8) is 0 Å². The number of nitrogens with one attached hydrogen (secondary N) is 1. The van der Waals surface area contributed by atoms with Crippen molar-refractivity contribution in [2.75, 3.05) is 6.54 Å². The second kappa shape index (κ2) is 7.79. The summed E-state index contributed by atoms with van der Waals surface area (Å²) in [6.07, 6.45) is 0.335. The molecular weight excluding hydrogens is 238 g/mol. The van der Waals surface area contributed by atoms with Gasteiger partial charge >= 0.3 is 0 Å². The van der Waals surface area contributed by atoms with Gasteiger partial charge in [0, 0.05) is 18.5 Å². The average Bonchev–Trinajstić information content (AvgIpc) is 2.34. The number of guanidine groups is 1. The molecule has 0 saturated heterocycles. The Balaban J connectivity index is 2.71. The molecule has 0 aliphatic heterocycles. The fourth-order valence-electron chi connectivity index (χ4n) is 2.00. The number of aliphatic hydroxyl groups excluding tert-OH is 1. The van der Waals surface area contributed by atoms with Gasteiger partial charge < -0.3 is 16.2 Å². The van der Waals surface area contributed by atoms with Crippen molar-refractivity contribution in [2.24, 2.45) is 10.7 Å². The van der Waals surface area contributed by atoms with E-state index in [2.05, 4.69) is 22.4 Å². The zero-order valence-corrected chi connectivity index (χ0v) is 12.0. The van der Waals surface area contributed by atoms with Gasteiger partial charge in [0.15, 0.2) is 5.96 Å². The van der Waals surface area contributed by atoms with Gasteiger partial charge in [0.25, 0.3) is 0 Å². The Morgan fingerprint density at radius 3 is 2.42 bits per heavy atom. The Labute approximate surface area is 115 Å². The summed E-state index contributed by atoms with van der Waals surface area (Å²) in [7, 11) is 0. The fraction of sp³-hybridized carbons (Fsp3) is 0.533. The number of aliphatic hydroxyl groups is 1. The van der Waals surface area contributed by atoms with E-state index in [-0.39, 0.29) is 18.1 Å². The van der Waals surface area contributed by atoms with Crippen LogP contribution in [0.2, 0.25) is 0 Å². The molecule has 4 heteroatoms. The predicted molar refractivity (Wildman–Crippen MR) is 80.2 cm³/mol. The third kappa shape index (κ3) is 6.25. The van der Waals surface area contributed by atoms with Gasteiger partial charge in [-0.2, -0.15) is 0 Å². The van der Waals surface area contributed by atoms with Crippen LogP contribution < -0.4 is 11.1 Å². The van der Waals surface area contributed by atoms with E-state index in [9.17, 15) is 5.11 Å². The van der Waals surface area contributed by atoms with Crippen LogP contribution in [-0.4, -0.2) is 29.8 Å². The number of nitrogens with two attached hydrogens (primary N) is 1. The highest BCUT2D eigenvalue weighted by Gasteiger charge is 2.13. The first-order chi connectivity index (χ1) is 8.99. The van der Waals surface area contributed by atoms with Gasteiger partial charge in [-0.15, -0.1) is 0 Å². The standard InChI is InChI=1S/C15H25N3O/c1-11(2)18-15(16)17-10-14(9-12(3)19)13-7-5-4-6-8-13/h4-8,11-12,14,19H,9-10H2,1-3H3,(H3,16,17,18). The maximum Gasteiger partial charge on any atom is 0.188 e. The van der Waals surface area contributed by atoms with Gasteiger partial charge in [0.05, 0.1) is 6.10 Å². The van der Waals surface area contributed by atoms with Gasteiger partial charge in [-0.25, -0.2) is 0 Å². The van der Waals surface area contributed by atoms with E-state index in [4.69, 9.17) is 5.73 Å². The monoisotopic (exact) mass is 263 g/mol. The smallest absolute Gasteiger partial charge is 0.188 e. The molecule has 4 N–H and O–H groups in total. The molecule has 19 heavy (non-hydrogen) atoms. The average molecular weight is 263 g/mol. The zero-order valence-electron chi connectivity index (χ0n) is 12.0. The first-order valence-corrected chi connectivity index (χ1v) is 6.78. The van der Waals surface area contributed by atoms with Crippen LogP contribution in [0.4, 0.5) is 0 Å². The Morgan fingerprint density at radius 2 is 1.89 bits per heavy atom. The molecule has 106 valence electrons. The van der Waals surface area contributed by atoms with Crippen molar-refractivity contribution < 1.29 is 5.11 Å². The molecule has 2 unspecified atom stereocenters. The second-order valence-electron chi connectivity index (χ2n) is 5.22. The van der Waals surface area contributed by atoms with Crippen molar-refractivity contribution in [1.29, 1.82) is 0 Å². The van der Waals surface area contributed by atoms with E-state index in [1.54, 1.807) is 6.92 Å². The van der Waals surface area contributed by atoms with E-state index in [1.165, 1.54) is 5.56 Å². The second-order valence-corrected chi connectivity index (χ2v) is 5.22. The minimum absolute atomic E-state index is 0.189. The highest BCUT2D eigenvalue weighted by atomic mass is 16.3. The highest BCUT2D eigenvalue weighted by molar-refractivity contribution is 5.78. The first kappa shape index (κ1) is 15.5. The Kier molecular flexibility index (Phi) is 6.36. The van der Waals surface area contributed by atoms with Crippen molar-refractivity contribution in [1.82, 2.24) is 5.32 Å². The first-order valence-electron chi connectivity index (χ1n) is 6.78. The molecule has 4 nitrogen and oxygen atoms in total. The quantitative estimate of drug-likeness (QED) is 0.542. The Morgan fingerprint density at radius 1 is 1.26 bits per heavy atom. The van der Waals surface area contributed by atoms with Gasteiger partial charge in [-0.1, -0.05) is 30.3 Å². The van der Waals surface area contributed by atoms with Crippen molar-refractivity contribution in [3.05, 3.63) is 35.9 Å². The number of hydrogen-bond donors (Lipinski definition) is 3. The summed E-state index contributed by atoms with van der Waals surface area (Å²) < 4.78 is 0. The molecule has 0 bridgehead atoms. The SMILES string of the molecule is CC(O)CC(CN=C(N)NC(C)C)c1ccccc1. The van der Waals surface area contributed by atoms with Crippen molar-refractivity contribution >= 4 is 5.96 Å². The number of benzene rings is 1. The van der Waals surface area contributed by atoms with Crippen LogP contribution in [0.25, 0.3) is 0 Å². The Bertz CT molecular complexity index is 388. The van der Waals surface area contributed by atoms with E-state index < -0.39 is 0 Å².